The summed E-state index contributed by atoms with van der Waals surface area (Å²) < 4.78 is 0. The van der Waals surface area contributed by atoms with Crippen LogP contribution in [0.4, 0.5) is 5.69 Å². The fraction of sp³-hybridized carbons (Fsp3) is 0. The Hall–Kier alpha value is -3.15. The van der Waals surface area contributed by atoms with Crippen molar-refractivity contribution < 1.29 is 4.79 Å². The van der Waals surface area contributed by atoms with Crippen LogP contribution in [0.2, 0.25) is 0 Å². The van der Waals surface area contributed by atoms with Gasteiger partial charge in [0, 0.05) is 16.5 Å². The maximum Gasteiger partial charge on any atom is 0.276 e. The van der Waals surface area contributed by atoms with Crippen LogP contribution in [0.5, 0.6) is 0 Å². The molecule has 2 heterocycles. The van der Waals surface area contributed by atoms with Gasteiger partial charge >= 0.3 is 0 Å². The van der Waals surface area contributed by atoms with E-state index in [1.54, 1.807) is 6.20 Å². The molecule has 0 fully saturated rings. The van der Waals surface area contributed by atoms with Crippen molar-refractivity contribution in [3.05, 3.63) is 54.4 Å². The van der Waals surface area contributed by atoms with Crippen LogP contribution in [-0.4, -0.2) is 26.3 Å². The molecule has 0 unspecified atom stereocenters. The zero-order valence-electron chi connectivity index (χ0n) is 10.9. The van der Waals surface area contributed by atoms with Gasteiger partial charge in [-0.15, -0.1) is 0 Å². The Kier molecular flexibility index (Phi) is 2.47. The minimum atomic E-state index is -0.240. The van der Waals surface area contributed by atoms with Gasteiger partial charge in [-0.1, -0.05) is 18.2 Å². The Balaban J connectivity index is 1.68. The molecule has 0 atom stereocenters. The zero-order chi connectivity index (χ0) is 14.2. The SMILES string of the molecule is O=C(Nc1ccc2[nH]ncc2c1)c1n[nH]c2ccccc12. The highest BCUT2D eigenvalue weighted by atomic mass is 16.1. The van der Waals surface area contributed by atoms with E-state index in [0.717, 1.165) is 21.8 Å². The predicted octanol–water partition coefficient (Wildman–Crippen LogP) is 2.69. The number of aromatic amines is 2. The molecule has 1 amide bonds. The van der Waals surface area contributed by atoms with Crippen LogP contribution < -0.4 is 5.32 Å². The molecule has 0 saturated heterocycles. The van der Waals surface area contributed by atoms with Crippen LogP contribution in [-0.2, 0) is 0 Å². The van der Waals surface area contributed by atoms with Gasteiger partial charge in [-0.05, 0) is 24.3 Å². The molecule has 2 aromatic carbocycles. The Morgan fingerprint density at radius 3 is 2.90 bits per heavy atom. The summed E-state index contributed by atoms with van der Waals surface area (Å²) in [7, 11) is 0. The second kappa shape index (κ2) is 4.45. The Morgan fingerprint density at radius 1 is 1.05 bits per heavy atom. The highest BCUT2D eigenvalue weighted by Gasteiger charge is 2.14. The summed E-state index contributed by atoms with van der Waals surface area (Å²) >= 11 is 0. The lowest BCUT2D eigenvalue weighted by Gasteiger charge is -2.03. The zero-order valence-corrected chi connectivity index (χ0v) is 10.9. The molecular weight excluding hydrogens is 266 g/mol. The molecule has 0 radical (unpaired) electrons. The van der Waals surface area contributed by atoms with Crippen molar-refractivity contribution in [3.8, 4) is 0 Å². The Labute approximate surface area is 119 Å². The van der Waals surface area contributed by atoms with Crippen molar-refractivity contribution in [2.45, 2.75) is 0 Å². The van der Waals surface area contributed by atoms with E-state index in [9.17, 15) is 4.79 Å². The van der Waals surface area contributed by atoms with E-state index in [0.29, 0.717) is 11.4 Å². The van der Waals surface area contributed by atoms with Crippen molar-refractivity contribution >= 4 is 33.4 Å². The summed E-state index contributed by atoms with van der Waals surface area (Å²) in [5.41, 5.74) is 2.87. The second-order valence-electron chi connectivity index (χ2n) is 4.74. The quantitative estimate of drug-likeness (QED) is 0.526. The summed E-state index contributed by atoms with van der Waals surface area (Å²) in [5, 5.41) is 18.4. The van der Waals surface area contributed by atoms with Gasteiger partial charge in [0.2, 0.25) is 0 Å². The van der Waals surface area contributed by atoms with Gasteiger partial charge in [-0.25, -0.2) is 0 Å². The minimum Gasteiger partial charge on any atom is -0.321 e. The van der Waals surface area contributed by atoms with Gasteiger partial charge in [0.15, 0.2) is 5.69 Å². The first-order valence-corrected chi connectivity index (χ1v) is 6.49. The highest BCUT2D eigenvalue weighted by molar-refractivity contribution is 6.11. The molecule has 2 aromatic heterocycles. The van der Waals surface area contributed by atoms with Crippen LogP contribution in [0.15, 0.2) is 48.7 Å². The van der Waals surface area contributed by atoms with Crippen LogP contribution in [0.3, 0.4) is 0 Å². The lowest BCUT2D eigenvalue weighted by atomic mass is 10.2. The minimum absolute atomic E-state index is 0.240. The van der Waals surface area contributed by atoms with E-state index >= 15 is 0 Å². The molecule has 0 spiro atoms. The first-order valence-electron chi connectivity index (χ1n) is 6.49. The first-order chi connectivity index (χ1) is 10.3. The summed E-state index contributed by atoms with van der Waals surface area (Å²) in [5.74, 6) is -0.240. The standard InChI is InChI=1S/C15H11N5O/c21-15(14-11-3-1-2-4-13(11)19-20-14)17-10-5-6-12-9(7-10)8-16-18-12/h1-8H,(H,16,18)(H,17,21)(H,19,20). The molecule has 0 saturated carbocycles. The summed E-state index contributed by atoms with van der Waals surface area (Å²) in [6, 6.07) is 13.1. The summed E-state index contributed by atoms with van der Waals surface area (Å²) in [4.78, 5) is 12.3. The monoisotopic (exact) mass is 277 g/mol. The van der Waals surface area contributed by atoms with E-state index in [4.69, 9.17) is 0 Å². The number of benzene rings is 2. The largest absolute Gasteiger partial charge is 0.321 e. The van der Waals surface area contributed by atoms with Crippen molar-refractivity contribution in [1.82, 2.24) is 20.4 Å². The molecule has 0 bridgehead atoms. The van der Waals surface area contributed by atoms with Gasteiger partial charge in [-0.2, -0.15) is 10.2 Å². The number of nitrogens with one attached hydrogen (secondary N) is 3. The molecule has 6 heteroatoms. The summed E-state index contributed by atoms with van der Waals surface area (Å²) in [6.07, 6.45) is 1.72. The number of amides is 1. The van der Waals surface area contributed by atoms with Crippen LogP contribution >= 0.6 is 0 Å². The van der Waals surface area contributed by atoms with E-state index < -0.39 is 0 Å². The normalized spacial score (nSPS) is 11.0. The van der Waals surface area contributed by atoms with Crippen molar-refractivity contribution in [3.63, 3.8) is 0 Å². The van der Waals surface area contributed by atoms with Crippen molar-refractivity contribution in [1.29, 1.82) is 0 Å². The fourth-order valence-corrected chi connectivity index (χ4v) is 2.35. The number of hydrogen-bond acceptors (Lipinski definition) is 3. The molecule has 4 aromatic rings. The average molecular weight is 277 g/mol. The summed E-state index contributed by atoms with van der Waals surface area (Å²) in [6.45, 7) is 0. The van der Waals surface area contributed by atoms with Crippen LogP contribution in [0, 0.1) is 0 Å². The van der Waals surface area contributed by atoms with Gasteiger partial charge < -0.3 is 5.32 Å². The van der Waals surface area contributed by atoms with Crippen molar-refractivity contribution in [2.24, 2.45) is 0 Å². The molecule has 21 heavy (non-hydrogen) atoms. The fourth-order valence-electron chi connectivity index (χ4n) is 2.35. The number of fused-ring (bicyclic) bond motifs is 2. The molecule has 0 aliphatic carbocycles. The molecule has 3 N–H and O–H groups in total. The number of aromatic nitrogens is 4. The second-order valence-corrected chi connectivity index (χ2v) is 4.74. The number of anilines is 1. The molecule has 4 rings (SSSR count). The highest BCUT2D eigenvalue weighted by Crippen LogP contribution is 2.19. The van der Waals surface area contributed by atoms with Gasteiger partial charge in [0.1, 0.15) is 0 Å². The molecule has 6 nitrogen and oxygen atoms in total. The predicted molar refractivity (Wildman–Crippen MR) is 80.1 cm³/mol. The third-order valence-corrected chi connectivity index (χ3v) is 3.38. The Bertz CT molecular complexity index is 953. The smallest absolute Gasteiger partial charge is 0.276 e. The topological polar surface area (TPSA) is 86.5 Å². The van der Waals surface area contributed by atoms with E-state index in [1.807, 2.05) is 42.5 Å². The lowest BCUT2D eigenvalue weighted by molar-refractivity contribution is 0.102. The van der Waals surface area contributed by atoms with Gasteiger partial charge in [0.25, 0.3) is 5.91 Å². The number of nitrogens with zero attached hydrogens (tertiary/aromatic N) is 2. The lowest BCUT2D eigenvalue weighted by Crippen LogP contribution is -2.12. The van der Waals surface area contributed by atoms with Crippen LogP contribution in [0.1, 0.15) is 10.5 Å². The van der Waals surface area contributed by atoms with Crippen molar-refractivity contribution in [2.75, 3.05) is 5.32 Å². The van der Waals surface area contributed by atoms with E-state index in [1.165, 1.54) is 0 Å². The molecule has 102 valence electrons. The number of carbonyl (C=O) groups is 1. The van der Waals surface area contributed by atoms with Gasteiger partial charge in [-0.3, -0.25) is 15.0 Å². The third kappa shape index (κ3) is 1.93. The number of carbonyl (C=O) groups excluding carboxylic acids is 1. The average Bonchev–Trinajstić information content (AvgIpc) is 3.13. The van der Waals surface area contributed by atoms with E-state index in [2.05, 4.69) is 25.7 Å². The maximum absolute atomic E-state index is 12.3. The maximum atomic E-state index is 12.3. The van der Waals surface area contributed by atoms with E-state index in [-0.39, 0.29) is 5.91 Å². The number of hydrogen-bond donors (Lipinski definition) is 3. The number of H-pyrrole nitrogens is 2. The first kappa shape index (κ1) is 11.7. The van der Waals surface area contributed by atoms with Gasteiger partial charge in [0.05, 0.1) is 17.2 Å². The molecular formula is C15H11N5O. The molecule has 0 aliphatic rings. The third-order valence-electron chi connectivity index (χ3n) is 3.38. The van der Waals surface area contributed by atoms with Crippen LogP contribution in [0.25, 0.3) is 21.8 Å². The Morgan fingerprint density at radius 2 is 1.95 bits per heavy atom. The number of rotatable bonds is 2. The molecule has 0 aliphatic heterocycles. The number of para-hydroxylation sites is 1.